The second-order valence-electron chi connectivity index (χ2n) is 3.13. The average molecular weight is 190 g/mol. The van der Waals surface area contributed by atoms with Gasteiger partial charge in [0.1, 0.15) is 0 Å². The summed E-state index contributed by atoms with van der Waals surface area (Å²) in [7, 11) is 0. The lowest BCUT2D eigenvalue weighted by Gasteiger charge is -2.10. The van der Waals surface area contributed by atoms with Crippen LogP contribution in [0.4, 0.5) is 0 Å². The van der Waals surface area contributed by atoms with Crippen LogP contribution in [0.1, 0.15) is 34.1 Å². The van der Waals surface area contributed by atoms with Gasteiger partial charge in [-0.15, -0.1) is 0 Å². The Morgan fingerprint density at radius 3 is 1.69 bits per heavy atom. The molecule has 0 heterocycles. The van der Waals surface area contributed by atoms with E-state index in [0.717, 1.165) is 5.57 Å². The monoisotopic (exact) mass is 190 g/mol. The molecule has 0 aliphatic rings. The summed E-state index contributed by atoms with van der Waals surface area (Å²) in [5.74, 6) is -2.33. The van der Waals surface area contributed by atoms with E-state index in [9.17, 15) is 4.79 Å². The van der Waals surface area contributed by atoms with Gasteiger partial charge in [0.05, 0.1) is 0 Å². The van der Waals surface area contributed by atoms with Gasteiger partial charge < -0.3 is 15.3 Å². The zero-order valence-corrected chi connectivity index (χ0v) is 8.53. The minimum Gasteiger partial charge on any atom is -0.478 e. The Morgan fingerprint density at radius 1 is 1.38 bits per heavy atom. The van der Waals surface area contributed by atoms with Crippen molar-refractivity contribution in [1.29, 1.82) is 0 Å². The number of carboxylic acid groups (broad SMARTS) is 1. The molecule has 0 saturated carbocycles. The number of aliphatic carboxylic acids is 1. The van der Waals surface area contributed by atoms with E-state index in [1.54, 1.807) is 20.8 Å². The summed E-state index contributed by atoms with van der Waals surface area (Å²) in [5.41, 5.74) is 0.813. The van der Waals surface area contributed by atoms with Gasteiger partial charge in [-0.2, -0.15) is 0 Å². The average Bonchev–Trinajstić information content (AvgIpc) is 1.84. The summed E-state index contributed by atoms with van der Waals surface area (Å²) in [5, 5.41) is 24.8. The van der Waals surface area contributed by atoms with Crippen LogP contribution in [-0.4, -0.2) is 27.1 Å². The van der Waals surface area contributed by atoms with Crippen LogP contribution in [0.25, 0.3) is 0 Å². The van der Waals surface area contributed by atoms with Crippen LogP contribution >= 0.6 is 0 Å². The molecule has 0 aliphatic carbocycles. The van der Waals surface area contributed by atoms with Crippen molar-refractivity contribution in [1.82, 2.24) is 0 Å². The van der Waals surface area contributed by atoms with E-state index < -0.39 is 11.8 Å². The summed E-state index contributed by atoms with van der Waals surface area (Å²) in [6.07, 6.45) is 1.55. The largest absolute Gasteiger partial charge is 0.478 e. The van der Waals surface area contributed by atoms with E-state index in [0.29, 0.717) is 6.42 Å². The Morgan fingerprint density at radius 2 is 1.69 bits per heavy atom. The van der Waals surface area contributed by atoms with Gasteiger partial charge in [-0.05, 0) is 27.2 Å². The predicted octanol–water partition coefficient (Wildman–Crippen LogP) is 1.13. The number of carbonyl (C=O) groups is 1. The fourth-order valence-corrected chi connectivity index (χ4v) is 0.247. The number of allylic oxidation sites excluding steroid dienone is 1. The normalized spacial score (nSPS) is 9.69. The standard InChI is InChI=1S/C5H8O2.C4H10O2/c1-4(2)3-5(6)7;1-3-4(2,5)6/h3H,1-2H3,(H,6,7);5-6H,3H2,1-2H3. The van der Waals surface area contributed by atoms with Crippen molar-refractivity contribution in [3.63, 3.8) is 0 Å². The van der Waals surface area contributed by atoms with Crippen LogP contribution < -0.4 is 0 Å². The van der Waals surface area contributed by atoms with E-state index in [-0.39, 0.29) is 0 Å². The van der Waals surface area contributed by atoms with Gasteiger partial charge in [0.2, 0.25) is 0 Å². The lowest BCUT2D eigenvalue weighted by molar-refractivity contribution is -0.145. The first-order chi connectivity index (χ1) is 5.69. The zero-order valence-electron chi connectivity index (χ0n) is 8.53. The Kier molecular flexibility index (Phi) is 7.46. The highest BCUT2D eigenvalue weighted by atomic mass is 16.5. The molecule has 0 atom stereocenters. The molecule has 0 amide bonds. The van der Waals surface area contributed by atoms with Crippen LogP contribution in [-0.2, 0) is 4.79 Å². The molecule has 78 valence electrons. The summed E-state index contributed by atoms with van der Waals surface area (Å²) >= 11 is 0. The third kappa shape index (κ3) is 24.7. The lowest BCUT2D eigenvalue weighted by Crippen LogP contribution is -2.20. The summed E-state index contributed by atoms with van der Waals surface area (Å²) in [6.45, 7) is 6.55. The number of rotatable bonds is 2. The highest BCUT2D eigenvalue weighted by Gasteiger charge is 2.08. The fourth-order valence-electron chi connectivity index (χ4n) is 0.247. The van der Waals surface area contributed by atoms with Crippen molar-refractivity contribution in [2.45, 2.75) is 39.9 Å². The van der Waals surface area contributed by atoms with Crippen molar-refractivity contribution in [3.05, 3.63) is 11.6 Å². The van der Waals surface area contributed by atoms with Gasteiger partial charge in [0, 0.05) is 6.08 Å². The molecule has 4 nitrogen and oxygen atoms in total. The van der Waals surface area contributed by atoms with Crippen molar-refractivity contribution in [2.75, 3.05) is 0 Å². The Hall–Kier alpha value is -0.870. The van der Waals surface area contributed by atoms with Crippen molar-refractivity contribution >= 4 is 5.97 Å². The molecule has 0 aromatic heterocycles. The topological polar surface area (TPSA) is 77.8 Å². The molecule has 0 bridgehead atoms. The van der Waals surface area contributed by atoms with E-state index in [4.69, 9.17) is 15.3 Å². The van der Waals surface area contributed by atoms with Gasteiger partial charge in [-0.25, -0.2) is 4.79 Å². The maximum Gasteiger partial charge on any atom is 0.328 e. The van der Waals surface area contributed by atoms with Gasteiger partial charge in [-0.3, -0.25) is 0 Å². The molecule has 0 unspecified atom stereocenters. The van der Waals surface area contributed by atoms with Crippen LogP contribution in [0.3, 0.4) is 0 Å². The highest BCUT2D eigenvalue weighted by Crippen LogP contribution is 1.99. The minimum atomic E-state index is -1.46. The molecular weight excluding hydrogens is 172 g/mol. The first-order valence-corrected chi connectivity index (χ1v) is 4.01. The van der Waals surface area contributed by atoms with Crippen molar-refractivity contribution in [3.8, 4) is 0 Å². The Balaban J connectivity index is 0. The second kappa shape index (κ2) is 6.62. The van der Waals surface area contributed by atoms with E-state index in [1.165, 1.54) is 13.0 Å². The molecule has 3 N–H and O–H groups in total. The molecule has 0 aromatic carbocycles. The molecule has 0 saturated heterocycles. The third-order valence-electron chi connectivity index (χ3n) is 1.08. The van der Waals surface area contributed by atoms with Crippen molar-refractivity contribution in [2.24, 2.45) is 0 Å². The number of hydrogen-bond acceptors (Lipinski definition) is 3. The predicted molar refractivity (Wildman–Crippen MR) is 50.2 cm³/mol. The second-order valence-corrected chi connectivity index (χ2v) is 3.13. The SMILES string of the molecule is CC(C)=CC(=O)O.CCC(C)(O)O. The Bertz CT molecular complexity index is 173. The maximum atomic E-state index is 9.73. The van der Waals surface area contributed by atoms with Crippen LogP contribution in [0.2, 0.25) is 0 Å². The van der Waals surface area contributed by atoms with Crippen LogP contribution in [0.5, 0.6) is 0 Å². The number of aliphatic hydroxyl groups is 2. The number of carboxylic acids is 1. The minimum absolute atomic E-state index is 0.382. The van der Waals surface area contributed by atoms with Gasteiger partial charge in [0.15, 0.2) is 5.79 Å². The summed E-state index contributed by atoms with van der Waals surface area (Å²) in [4.78, 5) is 9.73. The summed E-state index contributed by atoms with van der Waals surface area (Å²) in [6, 6.07) is 0. The quantitative estimate of drug-likeness (QED) is 0.450. The molecule has 13 heavy (non-hydrogen) atoms. The highest BCUT2D eigenvalue weighted by molar-refractivity contribution is 5.80. The van der Waals surface area contributed by atoms with E-state index in [1.807, 2.05) is 0 Å². The summed E-state index contributed by atoms with van der Waals surface area (Å²) < 4.78 is 0. The lowest BCUT2D eigenvalue weighted by atomic mass is 10.3. The first kappa shape index (κ1) is 14.6. The number of hydrogen-bond donors (Lipinski definition) is 3. The van der Waals surface area contributed by atoms with Crippen molar-refractivity contribution < 1.29 is 20.1 Å². The molecule has 0 aromatic rings. The maximum absolute atomic E-state index is 9.73. The molecule has 0 spiro atoms. The Labute approximate surface area is 78.5 Å². The fraction of sp³-hybridized carbons (Fsp3) is 0.667. The molecule has 0 fully saturated rings. The van der Waals surface area contributed by atoms with Crippen LogP contribution in [0, 0.1) is 0 Å². The van der Waals surface area contributed by atoms with Gasteiger partial charge in [-0.1, -0.05) is 12.5 Å². The smallest absolute Gasteiger partial charge is 0.328 e. The van der Waals surface area contributed by atoms with Crippen LogP contribution in [0.15, 0.2) is 11.6 Å². The van der Waals surface area contributed by atoms with E-state index in [2.05, 4.69) is 0 Å². The molecule has 0 rings (SSSR count). The van der Waals surface area contributed by atoms with Gasteiger partial charge >= 0.3 is 5.97 Å². The molecular formula is C9H18O4. The first-order valence-electron chi connectivity index (χ1n) is 4.01. The van der Waals surface area contributed by atoms with E-state index >= 15 is 0 Å². The third-order valence-corrected chi connectivity index (χ3v) is 1.08. The molecule has 0 radical (unpaired) electrons. The van der Waals surface area contributed by atoms with Gasteiger partial charge in [0.25, 0.3) is 0 Å². The zero-order chi connectivity index (χ0) is 11.1. The molecule has 4 heteroatoms. The molecule has 0 aliphatic heterocycles.